The smallest absolute Gasteiger partial charge is 0.192 e. The summed E-state index contributed by atoms with van der Waals surface area (Å²) >= 11 is 1.77. The van der Waals surface area contributed by atoms with Crippen molar-refractivity contribution in [1.82, 2.24) is 10.6 Å². The summed E-state index contributed by atoms with van der Waals surface area (Å²) in [4.78, 5) is 5.93. The Morgan fingerprint density at radius 1 is 1.47 bits per heavy atom. The first-order valence-corrected chi connectivity index (χ1v) is 6.97. The van der Waals surface area contributed by atoms with Gasteiger partial charge in [-0.3, -0.25) is 4.99 Å². The average molecular weight is 391 g/mol. The molecule has 0 unspecified atom stereocenters. The maximum Gasteiger partial charge on any atom is 0.192 e. The molecular weight excluding hydrogens is 369 g/mol. The Hall–Kier alpha value is -0.740. The molecule has 0 saturated heterocycles. The quantitative estimate of drug-likeness (QED) is 0.351. The summed E-state index contributed by atoms with van der Waals surface area (Å²) in [6.07, 6.45) is 5.24. The molecule has 2 N–H and O–H groups in total. The molecular formula is C14H22IN3S. The van der Waals surface area contributed by atoms with E-state index in [0.717, 1.165) is 19.0 Å². The van der Waals surface area contributed by atoms with Crippen molar-refractivity contribution in [3.8, 4) is 12.3 Å². The number of hydrogen-bond acceptors (Lipinski definition) is 2. The number of hydrogen-bond donors (Lipinski definition) is 2. The number of nitrogens with one attached hydrogen (secondary N) is 2. The summed E-state index contributed by atoms with van der Waals surface area (Å²) in [6.45, 7) is 8.49. The lowest BCUT2D eigenvalue weighted by atomic mass is 9.92. The van der Waals surface area contributed by atoms with Crippen LogP contribution in [0.15, 0.2) is 22.5 Å². The molecule has 106 valence electrons. The van der Waals surface area contributed by atoms with Crippen LogP contribution in [0.2, 0.25) is 0 Å². The van der Waals surface area contributed by atoms with Crippen molar-refractivity contribution in [3.05, 3.63) is 22.4 Å². The molecule has 3 nitrogen and oxygen atoms in total. The highest BCUT2D eigenvalue weighted by Crippen LogP contribution is 2.27. The second-order valence-corrected chi connectivity index (χ2v) is 5.56. The summed E-state index contributed by atoms with van der Waals surface area (Å²) in [5.41, 5.74) is 0.0483. The van der Waals surface area contributed by atoms with Gasteiger partial charge in [-0.1, -0.05) is 25.8 Å². The lowest BCUT2D eigenvalue weighted by Gasteiger charge is -2.21. The second-order valence-electron chi connectivity index (χ2n) is 4.61. The fourth-order valence-corrected chi connectivity index (χ4v) is 2.34. The molecule has 0 aliphatic carbocycles. The molecule has 0 aliphatic rings. The first kappa shape index (κ1) is 18.3. The third kappa shape index (κ3) is 6.30. The molecule has 0 radical (unpaired) electrons. The molecule has 1 heterocycles. The van der Waals surface area contributed by atoms with Crippen LogP contribution in [-0.2, 0) is 5.41 Å². The zero-order chi connectivity index (χ0) is 13.4. The molecule has 19 heavy (non-hydrogen) atoms. The van der Waals surface area contributed by atoms with Crippen molar-refractivity contribution in [3.63, 3.8) is 0 Å². The average Bonchev–Trinajstić information content (AvgIpc) is 2.87. The van der Waals surface area contributed by atoms with E-state index in [1.165, 1.54) is 4.88 Å². The molecule has 0 aliphatic heterocycles. The fourth-order valence-electron chi connectivity index (χ4n) is 1.49. The van der Waals surface area contributed by atoms with E-state index in [4.69, 9.17) is 6.42 Å². The zero-order valence-electron chi connectivity index (χ0n) is 11.7. The third-order valence-corrected chi connectivity index (χ3v) is 3.76. The van der Waals surface area contributed by atoms with Gasteiger partial charge in [-0.15, -0.1) is 41.7 Å². The standard InChI is InChI=1S/C14H21N3S.HI/c1-5-9-16-13(15-6-2)17-11-14(3,4)12-8-7-10-18-12;/h1,7-8,10H,6,9,11H2,2-4H3,(H2,15,16,17);1H. The van der Waals surface area contributed by atoms with Crippen molar-refractivity contribution >= 4 is 41.3 Å². The van der Waals surface area contributed by atoms with Gasteiger partial charge in [0.1, 0.15) is 0 Å². The summed E-state index contributed by atoms with van der Waals surface area (Å²) < 4.78 is 0. The Labute approximate surface area is 137 Å². The summed E-state index contributed by atoms with van der Waals surface area (Å²) in [5, 5.41) is 8.38. The van der Waals surface area contributed by atoms with Crippen LogP contribution in [0.1, 0.15) is 25.6 Å². The molecule has 0 amide bonds. The van der Waals surface area contributed by atoms with Crippen LogP contribution >= 0.6 is 35.3 Å². The highest BCUT2D eigenvalue weighted by molar-refractivity contribution is 14.0. The molecule has 0 saturated carbocycles. The number of rotatable bonds is 5. The first-order valence-electron chi connectivity index (χ1n) is 6.09. The number of guanidine groups is 1. The fraction of sp³-hybridized carbons (Fsp3) is 0.500. The van der Waals surface area contributed by atoms with Crippen molar-refractivity contribution in [2.24, 2.45) is 4.99 Å². The molecule has 0 spiro atoms. The SMILES string of the molecule is C#CCNC(=NCC(C)(C)c1cccs1)NCC.I. The van der Waals surface area contributed by atoms with Gasteiger partial charge in [-0.2, -0.15) is 0 Å². The Bertz CT molecular complexity index is 418. The monoisotopic (exact) mass is 391 g/mol. The van der Waals surface area contributed by atoms with Crippen LogP contribution in [0.3, 0.4) is 0 Å². The van der Waals surface area contributed by atoms with E-state index in [9.17, 15) is 0 Å². The van der Waals surface area contributed by atoms with E-state index in [1.54, 1.807) is 11.3 Å². The molecule has 0 fully saturated rings. The van der Waals surface area contributed by atoms with Crippen molar-refractivity contribution in [2.45, 2.75) is 26.2 Å². The molecule has 0 bridgehead atoms. The highest BCUT2D eigenvalue weighted by atomic mass is 127. The van der Waals surface area contributed by atoms with Gasteiger partial charge in [-0.05, 0) is 18.4 Å². The predicted molar refractivity (Wildman–Crippen MR) is 95.6 cm³/mol. The van der Waals surface area contributed by atoms with Crippen LogP contribution in [-0.4, -0.2) is 25.6 Å². The molecule has 1 rings (SSSR count). The van der Waals surface area contributed by atoms with E-state index in [1.807, 2.05) is 6.92 Å². The van der Waals surface area contributed by atoms with Crippen molar-refractivity contribution in [1.29, 1.82) is 0 Å². The lowest BCUT2D eigenvalue weighted by Crippen LogP contribution is -2.38. The minimum absolute atomic E-state index is 0. The number of thiophene rings is 1. The van der Waals surface area contributed by atoms with E-state index >= 15 is 0 Å². The van der Waals surface area contributed by atoms with Crippen molar-refractivity contribution < 1.29 is 0 Å². The molecule has 0 atom stereocenters. The number of aliphatic imine (C=N–C) groups is 1. The molecule has 1 aromatic heterocycles. The van der Waals surface area contributed by atoms with Crippen LogP contribution in [0, 0.1) is 12.3 Å². The Morgan fingerprint density at radius 2 is 2.21 bits per heavy atom. The Kier molecular flexibility index (Phi) is 8.85. The maximum atomic E-state index is 5.24. The van der Waals surface area contributed by atoms with Crippen LogP contribution in [0.4, 0.5) is 0 Å². The molecule has 0 aromatic carbocycles. The summed E-state index contributed by atoms with van der Waals surface area (Å²) in [7, 11) is 0. The number of nitrogens with zero attached hydrogens (tertiary/aromatic N) is 1. The summed E-state index contributed by atoms with van der Waals surface area (Å²) in [6, 6.07) is 4.23. The van der Waals surface area contributed by atoms with Crippen LogP contribution in [0.25, 0.3) is 0 Å². The van der Waals surface area contributed by atoms with Gasteiger partial charge in [0.15, 0.2) is 5.96 Å². The second kappa shape index (κ2) is 9.21. The van der Waals surface area contributed by atoms with E-state index in [-0.39, 0.29) is 29.4 Å². The summed E-state index contributed by atoms with van der Waals surface area (Å²) in [5.74, 6) is 3.33. The zero-order valence-corrected chi connectivity index (χ0v) is 14.8. The lowest BCUT2D eigenvalue weighted by molar-refractivity contribution is 0.549. The highest BCUT2D eigenvalue weighted by Gasteiger charge is 2.21. The Morgan fingerprint density at radius 3 is 2.74 bits per heavy atom. The van der Waals surface area contributed by atoms with Gasteiger partial charge in [-0.25, -0.2) is 0 Å². The maximum absolute atomic E-state index is 5.24. The van der Waals surface area contributed by atoms with Gasteiger partial charge in [0.25, 0.3) is 0 Å². The largest absolute Gasteiger partial charge is 0.357 e. The van der Waals surface area contributed by atoms with Gasteiger partial charge < -0.3 is 10.6 Å². The Balaban J connectivity index is 0.00000324. The molecule has 5 heteroatoms. The van der Waals surface area contributed by atoms with Gasteiger partial charge in [0.05, 0.1) is 13.1 Å². The van der Waals surface area contributed by atoms with E-state index in [0.29, 0.717) is 6.54 Å². The topological polar surface area (TPSA) is 36.4 Å². The van der Waals surface area contributed by atoms with Gasteiger partial charge in [0.2, 0.25) is 0 Å². The van der Waals surface area contributed by atoms with E-state index in [2.05, 4.69) is 52.9 Å². The van der Waals surface area contributed by atoms with Gasteiger partial charge >= 0.3 is 0 Å². The third-order valence-electron chi connectivity index (χ3n) is 2.52. The van der Waals surface area contributed by atoms with Crippen LogP contribution < -0.4 is 10.6 Å². The predicted octanol–water partition coefficient (Wildman–Crippen LogP) is 2.83. The molecule has 1 aromatic rings. The van der Waals surface area contributed by atoms with Crippen molar-refractivity contribution in [2.75, 3.05) is 19.6 Å². The number of terminal acetylenes is 1. The first-order chi connectivity index (χ1) is 8.60. The van der Waals surface area contributed by atoms with Gasteiger partial charge in [0, 0.05) is 16.8 Å². The normalized spacial score (nSPS) is 11.4. The van der Waals surface area contributed by atoms with Crippen LogP contribution in [0.5, 0.6) is 0 Å². The number of halogens is 1. The minimum Gasteiger partial charge on any atom is -0.357 e. The van der Waals surface area contributed by atoms with E-state index < -0.39 is 0 Å². The minimum atomic E-state index is 0.